The number of fused-ring (bicyclic) bond motifs is 1. The molecule has 1 amide bonds. The number of carbonyl (C=O) groups excluding carboxylic acids is 1. The maximum Gasteiger partial charge on any atom is 0.306 e. The Morgan fingerprint density at radius 2 is 2.09 bits per heavy atom. The lowest BCUT2D eigenvalue weighted by atomic mass is 9.91. The second-order valence-corrected chi connectivity index (χ2v) is 5.60. The molecule has 2 atom stereocenters. The monoisotopic (exact) mass is 305 g/mol. The predicted molar refractivity (Wildman–Crippen MR) is 77.9 cm³/mol. The first-order valence-corrected chi connectivity index (χ1v) is 7.49. The minimum Gasteiger partial charge on any atom is -0.493 e. The third kappa shape index (κ3) is 3.06. The fraction of sp³-hybridized carbons (Fsp3) is 0.500. The molecule has 118 valence electrons. The molecular weight excluding hydrogens is 286 g/mol. The quantitative estimate of drug-likeness (QED) is 0.909. The second kappa shape index (κ2) is 6.36. The van der Waals surface area contributed by atoms with Crippen LogP contribution in [0.25, 0.3) is 0 Å². The largest absolute Gasteiger partial charge is 0.493 e. The molecular formula is C16H19NO5. The van der Waals surface area contributed by atoms with E-state index >= 15 is 0 Å². The molecule has 1 aromatic carbocycles. The van der Waals surface area contributed by atoms with Gasteiger partial charge in [-0.25, -0.2) is 0 Å². The van der Waals surface area contributed by atoms with Crippen LogP contribution in [0.2, 0.25) is 0 Å². The van der Waals surface area contributed by atoms with Crippen molar-refractivity contribution >= 4 is 11.9 Å². The van der Waals surface area contributed by atoms with Gasteiger partial charge < -0.3 is 19.5 Å². The van der Waals surface area contributed by atoms with Crippen molar-refractivity contribution in [3.8, 4) is 5.75 Å². The summed E-state index contributed by atoms with van der Waals surface area (Å²) < 4.78 is 11.0. The molecule has 0 radical (unpaired) electrons. The molecule has 2 heterocycles. The number of nitrogens with zero attached hydrogens (tertiary/aromatic N) is 1. The lowest BCUT2D eigenvalue weighted by Gasteiger charge is -2.36. The van der Waals surface area contributed by atoms with E-state index in [1.807, 2.05) is 24.3 Å². The summed E-state index contributed by atoms with van der Waals surface area (Å²) >= 11 is 0. The summed E-state index contributed by atoms with van der Waals surface area (Å²) in [4.78, 5) is 25.4. The molecule has 2 aliphatic rings. The average Bonchev–Trinajstić information content (AvgIpc) is 2.53. The van der Waals surface area contributed by atoms with Crippen molar-refractivity contribution in [1.82, 2.24) is 4.90 Å². The van der Waals surface area contributed by atoms with Gasteiger partial charge in [0.2, 0.25) is 5.91 Å². The minimum atomic E-state index is -0.907. The van der Waals surface area contributed by atoms with Crippen LogP contribution in [0.5, 0.6) is 5.75 Å². The molecule has 0 unspecified atom stereocenters. The molecule has 1 fully saturated rings. The van der Waals surface area contributed by atoms with Gasteiger partial charge in [-0.2, -0.15) is 0 Å². The number of hydrogen-bond acceptors (Lipinski definition) is 4. The Balaban J connectivity index is 1.73. The van der Waals surface area contributed by atoms with E-state index in [1.165, 1.54) is 0 Å². The van der Waals surface area contributed by atoms with Crippen LogP contribution in [0, 0.1) is 0 Å². The number of para-hydroxylation sites is 1. The summed E-state index contributed by atoms with van der Waals surface area (Å²) in [6, 6.07) is 7.59. The van der Waals surface area contributed by atoms with Gasteiger partial charge in [0.1, 0.15) is 5.75 Å². The number of aliphatic carboxylic acids is 1. The molecule has 22 heavy (non-hydrogen) atoms. The first kappa shape index (κ1) is 14.8. The Labute approximate surface area is 128 Å². The van der Waals surface area contributed by atoms with Gasteiger partial charge in [-0.05, 0) is 12.5 Å². The van der Waals surface area contributed by atoms with Crippen molar-refractivity contribution in [2.75, 3.05) is 26.3 Å². The highest BCUT2D eigenvalue weighted by atomic mass is 16.5. The van der Waals surface area contributed by atoms with E-state index in [9.17, 15) is 9.59 Å². The Kier molecular flexibility index (Phi) is 4.29. The van der Waals surface area contributed by atoms with E-state index in [4.69, 9.17) is 14.6 Å². The molecule has 1 saturated heterocycles. The van der Waals surface area contributed by atoms with Gasteiger partial charge in [-0.3, -0.25) is 9.59 Å². The first-order chi connectivity index (χ1) is 10.6. The van der Waals surface area contributed by atoms with E-state index in [1.54, 1.807) is 4.90 Å². The van der Waals surface area contributed by atoms with Crippen molar-refractivity contribution in [2.45, 2.75) is 24.9 Å². The standard InChI is InChI=1S/C16H19NO5/c18-15(19)9-11-10-17(6-8-21-11)16(20)13-5-7-22-14-4-2-1-3-12(13)14/h1-4,11,13H,5-10H2,(H,18,19)/t11-,13-/m0/s1. The van der Waals surface area contributed by atoms with Gasteiger partial charge in [0.25, 0.3) is 0 Å². The van der Waals surface area contributed by atoms with Crippen LogP contribution in [0.3, 0.4) is 0 Å². The lowest BCUT2D eigenvalue weighted by Crippen LogP contribution is -2.48. The van der Waals surface area contributed by atoms with Crippen LogP contribution in [-0.4, -0.2) is 54.3 Å². The molecule has 0 aliphatic carbocycles. The van der Waals surface area contributed by atoms with E-state index in [0.29, 0.717) is 32.7 Å². The van der Waals surface area contributed by atoms with Crippen molar-refractivity contribution in [1.29, 1.82) is 0 Å². The second-order valence-electron chi connectivity index (χ2n) is 5.60. The number of hydrogen-bond donors (Lipinski definition) is 1. The van der Waals surface area contributed by atoms with Crippen molar-refractivity contribution in [3.63, 3.8) is 0 Å². The molecule has 0 saturated carbocycles. The van der Waals surface area contributed by atoms with Crippen LogP contribution in [-0.2, 0) is 14.3 Å². The molecule has 3 rings (SSSR count). The minimum absolute atomic E-state index is 0.0365. The van der Waals surface area contributed by atoms with Crippen LogP contribution in [0.15, 0.2) is 24.3 Å². The summed E-state index contributed by atoms with van der Waals surface area (Å²) in [5, 5.41) is 8.87. The Bertz CT molecular complexity index is 573. The summed E-state index contributed by atoms with van der Waals surface area (Å²) in [5.74, 6) is -0.318. The van der Waals surface area contributed by atoms with Gasteiger partial charge >= 0.3 is 5.97 Å². The van der Waals surface area contributed by atoms with E-state index in [0.717, 1.165) is 11.3 Å². The topological polar surface area (TPSA) is 76.1 Å². The number of ether oxygens (including phenoxy) is 2. The third-order valence-corrected chi connectivity index (χ3v) is 4.11. The fourth-order valence-corrected chi connectivity index (χ4v) is 3.06. The van der Waals surface area contributed by atoms with Gasteiger partial charge in [0.15, 0.2) is 0 Å². The number of carboxylic acid groups (broad SMARTS) is 1. The highest BCUT2D eigenvalue weighted by Gasteiger charge is 2.33. The number of amides is 1. The summed E-state index contributed by atoms with van der Waals surface area (Å²) in [6.07, 6.45) is 0.149. The molecule has 0 bridgehead atoms. The molecule has 1 aromatic rings. The zero-order chi connectivity index (χ0) is 15.5. The summed E-state index contributed by atoms with van der Waals surface area (Å²) in [7, 11) is 0. The molecule has 6 nitrogen and oxygen atoms in total. The number of morpholine rings is 1. The van der Waals surface area contributed by atoms with Crippen LogP contribution in [0.4, 0.5) is 0 Å². The zero-order valence-electron chi connectivity index (χ0n) is 12.2. The highest BCUT2D eigenvalue weighted by molar-refractivity contribution is 5.85. The van der Waals surface area contributed by atoms with Gasteiger partial charge in [0, 0.05) is 18.7 Å². The van der Waals surface area contributed by atoms with Crippen molar-refractivity contribution < 1.29 is 24.2 Å². The van der Waals surface area contributed by atoms with Crippen LogP contribution in [0.1, 0.15) is 24.3 Å². The highest BCUT2D eigenvalue weighted by Crippen LogP contribution is 2.34. The van der Waals surface area contributed by atoms with E-state index < -0.39 is 12.1 Å². The molecule has 0 aromatic heterocycles. The maximum absolute atomic E-state index is 12.8. The number of rotatable bonds is 3. The van der Waals surface area contributed by atoms with Gasteiger partial charge in [-0.1, -0.05) is 18.2 Å². The number of carboxylic acids is 1. The normalized spacial score (nSPS) is 24.3. The van der Waals surface area contributed by atoms with Crippen LogP contribution >= 0.6 is 0 Å². The number of carbonyl (C=O) groups is 2. The zero-order valence-corrected chi connectivity index (χ0v) is 12.2. The maximum atomic E-state index is 12.8. The molecule has 1 N–H and O–H groups in total. The third-order valence-electron chi connectivity index (χ3n) is 4.11. The molecule has 2 aliphatic heterocycles. The average molecular weight is 305 g/mol. The first-order valence-electron chi connectivity index (χ1n) is 7.49. The fourth-order valence-electron chi connectivity index (χ4n) is 3.06. The van der Waals surface area contributed by atoms with Gasteiger partial charge in [0.05, 0.1) is 31.7 Å². The Hall–Kier alpha value is -2.08. The molecule has 0 spiro atoms. The van der Waals surface area contributed by atoms with Gasteiger partial charge in [-0.15, -0.1) is 0 Å². The molecule has 6 heteroatoms. The van der Waals surface area contributed by atoms with Crippen molar-refractivity contribution in [3.05, 3.63) is 29.8 Å². The van der Waals surface area contributed by atoms with Crippen LogP contribution < -0.4 is 4.74 Å². The van der Waals surface area contributed by atoms with Crippen molar-refractivity contribution in [2.24, 2.45) is 0 Å². The Morgan fingerprint density at radius 1 is 1.27 bits per heavy atom. The number of benzene rings is 1. The SMILES string of the molecule is O=C(O)C[C@H]1CN(C(=O)[C@H]2CCOc3ccccc32)CCO1. The van der Waals surface area contributed by atoms with E-state index in [2.05, 4.69) is 0 Å². The summed E-state index contributed by atoms with van der Waals surface area (Å²) in [6.45, 7) is 1.75. The summed E-state index contributed by atoms with van der Waals surface area (Å²) in [5.41, 5.74) is 0.917. The smallest absolute Gasteiger partial charge is 0.306 e. The Morgan fingerprint density at radius 3 is 2.91 bits per heavy atom. The predicted octanol–water partition coefficient (Wildman–Crippen LogP) is 1.25. The lowest BCUT2D eigenvalue weighted by molar-refractivity contribution is -0.148. The van der Waals surface area contributed by atoms with E-state index in [-0.39, 0.29) is 18.2 Å².